The molecule has 1 fully saturated rings. The van der Waals surface area contributed by atoms with Gasteiger partial charge < -0.3 is 19.9 Å². The van der Waals surface area contributed by atoms with Crippen molar-refractivity contribution in [1.82, 2.24) is 14.8 Å². The number of rotatable bonds is 5. The summed E-state index contributed by atoms with van der Waals surface area (Å²) < 4.78 is 1.67. The Hall–Kier alpha value is -3.19. The fourth-order valence-corrected chi connectivity index (χ4v) is 5.02. The van der Waals surface area contributed by atoms with Crippen LogP contribution in [0.25, 0.3) is 12.2 Å². The SMILES string of the molecule is CCNC(=O)[C@H]1[C@H](CO)[C@H]2Cn3c(ccc(/C=C/c4ccccc4)c3=O)[C@@H]1N2C(C)=O. The van der Waals surface area contributed by atoms with Crippen LogP contribution in [0.4, 0.5) is 0 Å². The number of nitrogens with one attached hydrogen (secondary N) is 1. The van der Waals surface area contributed by atoms with E-state index in [4.69, 9.17) is 0 Å². The van der Waals surface area contributed by atoms with Gasteiger partial charge in [0.1, 0.15) is 0 Å². The number of aliphatic hydroxyl groups excluding tert-OH is 1. The molecular formula is C24H27N3O4. The van der Waals surface area contributed by atoms with Crippen molar-refractivity contribution >= 4 is 24.0 Å². The highest BCUT2D eigenvalue weighted by Gasteiger charge is 2.56. The lowest BCUT2D eigenvalue weighted by Gasteiger charge is -2.37. The number of fused-ring (bicyclic) bond motifs is 4. The summed E-state index contributed by atoms with van der Waals surface area (Å²) in [6, 6.07) is 12.3. The average Bonchev–Trinajstić information content (AvgIpc) is 3.01. The molecule has 7 heteroatoms. The minimum atomic E-state index is -0.599. The summed E-state index contributed by atoms with van der Waals surface area (Å²) in [6.07, 6.45) is 3.67. The summed E-state index contributed by atoms with van der Waals surface area (Å²) >= 11 is 0. The van der Waals surface area contributed by atoms with E-state index in [9.17, 15) is 19.5 Å². The molecule has 2 bridgehead atoms. The number of amides is 2. The first-order chi connectivity index (χ1) is 15.0. The van der Waals surface area contributed by atoms with E-state index in [1.54, 1.807) is 21.6 Å². The highest BCUT2D eigenvalue weighted by Crippen LogP contribution is 2.48. The van der Waals surface area contributed by atoms with Gasteiger partial charge in [0.2, 0.25) is 11.8 Å². The highest BCUT2D eigenvalue weighted by molar-refractivity contribution is 5.83. The normalized spacial score (nSPS) is 24.3. The molecule has 1 aromatic heterocycles. The van der Waals surface area contributed by atoms with Crippen molar-refractivity contribution in [3.8, 4) is 0 Å². The lowest BCUT2D eigenvalue weighted by molar-refractivity contribution is -0.134. The second-order valence-corrected chi connectivity index (χ2v) is 8.08. The van der Waals surface area contributed by atoms with Gasteiger partial charge in [0.15, 0.2) is 0 Å². The van der Waals surface area contributed by atoms with Crippen LogP contribution < -0.4 is 10.9 Å². The summed E-state index contributed by atoms with van der Waals surface area (Å²) in [5.74, 6) is -1.39. The van der Waals surface area contributed by atoms with Crippen LogP contribution >= 0.6 is 0 Å². The molecule has 0 aliphatic carbocycles. The molecule has 3 heterocycles. The minimum absolute atomic E-state index is 0.156. The van der Waals surface area contributed by atoms with Crippen LogP contribution in [0.15, 0.2) is 47.3 Å². The summed E-state index contributed by atoms with van der Waals surface area (Å²) in [7, 11) is 0. The Morgan fingerprint density at radius 3 is 2.55 bits per heavy atom. The number of aromatic nitrogens is 1. The molecule has 2 amide bonds. The zero-order chi connectivity index (χ0) is 22.1. The molecule has 2 aliphatic heterocycles. The summed E-state index contributed by atoms with van der Waals surface area (Å²) in [4.78, 5) is 40.3. The van der Waals surface area contributed by atoms with Crippen molar-refractivity contribution in [3.63, 3.8) is 0 Å². The Labute approximate surface area is 181 Å². The molecule has 2 aromatic rings. The van der Waals surface area contributed by atoms with Crippen molar-refractivity contribution in [2.75, 3.05) is 13.2 Å². The largest absolute Gasteiger partial charge is 0.396 e. The third kappa shape index (κ3) is 3.59. The van der Waals surface area contributed by atoms with Gasteiger partial charge in [-0.15, -0.1) is 0 Å². The van der Waals surface area contributed by atoms with E-state index in [1.807, 2.05) is 49.4 Å². The number of pyridine rings is 1. The van der Waals surface area contributed by atoms with Crippen LogP contribution in [-0.4, -0.2) is 45.6 Å². The Morgan fingerprint density at radius 1 is 1.16 bits per heavy atom. The molecule has 4 atom stereocenters. The monoisotopic (exact) mass is 421 g/mol. The fourth-order valence-electron chi connectivity index (χ4n) is 5.02. The maximum atomic E-state index is 13.3. The second kappa shape index (κ2) is 8.51. The number of nitrogens with zero attached hydrogens (tertiary/aromatic N) is 2. The molecule has 31 heavy (non-hydrogen) atoms. The predicted octanol–water partition coefficient (Wildman–Crippen LogP) is 1.66. The molecule has 2 aliphatic rings. The van der Waals surface area contributed by atoms with E-state index in [-0.39, 0.29) is 30.5 Å². The summed E-state index contributed by atoms with van der Waals surface area (Å²) in [5.41, 5.74) is 2.01. The van der Waals surface area contributed by atoms with Crippen LogP contribution in [0.3, 0.4) is 0 Å². The molecule has 7 nitrogen and oxygen atoms in total. The number of benzene rings is 1. The maximum Gasteiger partial charge on any atom is 0.258 e. The van der Waals surface area contributed by atoms with Crippen LogP contribution in [0.2, 0.25) is 0 Å². The van der Waals surface area contributed by atoms with E-state index >= 15 is 0 Å². The number of carbonyl (C=O) groups excluding carboxylic acids is 2. The van der Waals surface area contributed by atoms with Crippen molar-refractivity contribution in [1.29, 1.82) is 0 Å². The molecular weight excluding hydrogens is 394 g/mol. The third-order valence-corrected chi connectivity index (χ3v) is 6.35. The molecule has 0 unspecified atom stereocenters. The smallest absolute Gasteiger partial charge is 0.258 e. The van der Waals surface area contributed by atoms with Crippen molar-refractivity contribution < 1.29 is 14.7 Å². The van der Waals surface area contributed by atoms with Gasteiger partial charge in [-0.05, 0) is 30.7 Å². The molecule has 1 aromatic carbocycles. The lowest BCUT2D eigenvalue weighted by atomic mass is 9.86. The Morgan fingerprint density at radius 2 is 1.90 bits per heavy atom. The van der Waals surface area contributed by atoms with Crippen LogP contribution in [0, 0.1) is 11.8 Å². The molecule has 0 radical (unpaired) electrons. The quantitative estimate of drug-likeness (QED) is 0.768. The second-order valence-electron chi connectivity index (χ2n) is 8.08. The van der Waals surface area contributed by atoms with Gasteiger partial charge in [0.25, 0.3) is 5.56 Å². The third-order valence-electron chi connectivity index (χ3n) is 6.35. The molecule has 0 saturated carbocycles. The zero-order valence-corrected chi connectivity index (χ0v) is 17.7. The van der Waals surface area contributed by atoms with Gasteiger partial charge in [-0.25, -0.2) is 0 Å². The topological polar surface area (TPSA) is 91.6 Å². The molecule has 1 saturated heterocycles. The summed E-state index contributed by atoms with van der Waals surface area (Å²) in [6.45, 7) is 3.80. The van der Waals surface area contributed by atoms with E-state index in [1.165, 1.54) is 6.92 Å². The molecule has 162 valence electrons. The number of hydrogen-bond acceptors (Lipinski definition) is 4. The first kappa shape index (κ1) is 21.1. The molecule has 2 N–H and O–H groups in total. The van der Waals surface area contributed by atoms with Crippen molar-refractivity contribution in [2.24, 2.45) is 11.8 Å². The zero-order valence-electron chi connectivity index (χ0n) is 17.7. The Bertz CT molecular complexity index is 1080. The maximum absolute atomic E-state index is 13.3. The first-order valence-electron chi connectivity index (χ1n) is 10.6. The van der Waals surface area contributed by atoms with Crippen molar-refractivity contribution in [2.45, 2.75) is 32.5 Å². The molecule has 4 rings (SSSR count). The van der Waals surface area contributed by atoms with E-state index < -0.39 is 23.9 Å². The first-order valence-corrected chi connectivity index (χ1v) is 10.6. The summed E-state index contributed by atoms with van der Waals surface area (Å²) in [5, 5.41) is 12.9. The van der Waals surface area contributed by atoms with Gasteiger partial charge in [-0.3, -0.25) is 14.4 Å². The molecule has 0 spiro atoms. The number of aliphatic hydroxyl groups is 1. The van der Waals surface area contributed by atoms with Gasteiger partial charge in [0, 0.05) is 43.8 Å². The standard InChI is InChI=1S/C24H27N3O4/c1-3-25-23(30)21-18(14-28)20-13-26-19(22(21)27(20)15(2)29)12-11-17(24(26)31)10-9-16-7-5-4-6-8-16/h4-12,18,20-22,28H,3,13-14H2,1-2H3,(H,25,30)/b10-9+/t18-,20-,21+,22+/m1/s1. The lowest BCUT2D eigenvalue weighted by Crippen LogP contribution is -2.48. The van der Waals surface area contributed by atoms with Crippen LogP contribution in [0.1, 0.15) is 36.7 Å². The van der Waals surface area contributed by atoms with Crippen molar-refractivity contribution in [3.05, 3.63) is 69.6 Å². The van der Waals surface area contributed by atoms with E-state index in [0.29, 0.717) is 17.8 Å². The number of carbonyl (C=O) groups is 2. The Balaban J connectivity index is 1.78. The fraction of sp³-hybridized carbons (Fsp3) is 0.375. The van der Waals surface area contributed by atoms with Gasteiger partial charge >= 0.3 is 0 Å². The van der Waals surface area contributed by atoms with E-state index in [2.05, 4.69) is 5.32 Å². The number of hydrogen-bond donors (Lipinski definition) is 2. The Kier molecular flexibility index (Phi) is 5.78. The van der Waals surface area contributed by atoms with Crippen LogP contribution in [-0.2, 0) is 16.1 Å². The average molecular weight is 421 g/mol. The van der Waals surface area contributed by atoms with Gasteiger partial charge in [-0.2, -0.15) is 0 Å². The minimum Gasteiger partial charge on any atom is -0.396 e. The van der Waals surface area contributed by atoms with Gasteiger partial charge in [0.05, 0.1) is 18.0 Å². The van der Waals surface area contributed by atoms with E-state index in [0.717, 1.165) is 5.56 Å². The predicted molar refractivity (Wildman–Crippen MR) is 118 cm³/mol. The highest BCUT2D eigenvalue weighted by atomic mass is 16.3. The van der Waals surface area contributed by atoms with Crippen LogP contribution in [0.5, 0.6) is 0 Å². The van der Waals surface area contributed by atoms with Gasteiger partial charge in [-0.1, -0.05) is 36.4 Å².